The molecule has 0 radical (unpaired) electrons. The number of nitrogens with one attached hydrogen (secondary N) is 1. The topological polar surface area (TPSA) is 93.7 Å². The molecular formula is C19H20FN7O. The van der Waals surface area contributed by atoms with E-state index >= 15 is 0 Å². The Morgan fingerprint density at radius 2 is 1.96 bits per heavy atom. The van der Waals surface area contributed by atoms with Gasteiger partial charge in [0.05, 0.1) is 42.2 Å². The standard InChI is InChI=1S/C19H20FN7O/c1-19(2,28)12-26-11-15(9-22-26)24-18-21-7-14-8-23-27(17(14)25-18)10-13-5-3-4-6-16(13)20/h3-9,11,28H,10,12H2,1-2H3,(H,21,24,25). The van der Waals surface area contributed by atoms with Crippen molar-refractivity contribution in [1.29, 1.82) is 0 Å². The van der Waals surface area contributed by atoms with E-state index in [1.54, 1.807) is 66.2 Å². The fourth-order valence-corrected chi connectivity index (χ4v) is 2.87. The van der Waals surface area contributed by atoms with E-state index in [0.717, 1.165) is 5.39 Å². The fraction of sp³-hybridized carbons (Fsp3) is 0.263. The molecule has 0 aliphatic carbocycles. The van der Waals surface area contributed by atoms with Crippen LogP contribution in [0, 0.1) is 5.82 Å². The van der Waals surface area contributed by atoms with Gasteiger partial charge >= 0.3 is 0 Å². The molecule has 0 unspecified atom stereocenters. The third-order valence-electron chi connectivity index (χ3n) is 4.09. The predicted octanol–water partition coefficient (Wildman–Crippen LogP) is 2.72. The molecule has 1 aromatic carbocycles. The van der Waals surface area contributed by atoms with Crippen molar-refractivity contribution in [3.05, 3.63) is 60.4 Å². The molecule has 4 aromatic rings. The summed E-state index contributed by atoms with van der Waals surface area (Å²) < 4.78 is 17.2. The second-order valence-electron chi connectivity index (χ2n) is 7.23. The van der Waals surface area contributed by atoms with Gasteiger partial charge in [0, 0.05) is 18.0 Å². The van der Waals surface area contributed by atoms with Gasteiger partial charge in [0.1, 0.15) is 5.82 Å². The number of hydrogen-bond acceptors (Lipinski definition) is 6. The zero-order chi connectivity index (χ0) is 19.7. The van der Waals surface area contributed by atoms with E-state index < -0.39 is 5.60 Å². The van der Waals surface area contributed by atoms with Crippen molar-refractivity contribution >= 4 is 22.7 Å². The van der Waals surface area contributed by atoms with Crippen molar-refractivity contribution in [2.24, 2.45) is 0 Å². The van der Waals surface area contributed by atoms with Crippen molar-refractivity contribution in [2.45, 2.75) is 32.5 Å². The molecule has 0 fully saturated rings. The number of halogens is 1. The molecule has 0 saturated carbocycles. The van der Waals surface area contributed by atoms with Crippen LogP contribution in [0.1, 0.15) is 19.4 Å². The van der Waals surface area contributed by atoms with Crippen LogP contribution in [-0.4, -0.2) is 40.2 Å². The van der Waals surface area contributed by atoms with Crippen molar-refractivity contribution in [3.8, 4) is 0 Å². The summed E-state index contributed by atoms with van der Waals surface area (Å²) in [5.41, 5.74) is 0.972. The highest BCUT2D eigenvalue weighted by Gasteiger charge is 2.15. The zero-order valence-electron chi connectivity index (χ0n) is 15.5. The third-order valence-corrected chi connectivity index (χ3v) is 4.09. The molecule has 0 saturated heterocycles. The number of anilines is 2. The lowest BCUT2D eigenvalue weighted by Gasteiger charge is -2.16. The van der Waals surface area contributed by atoms with Crippen molar-refractivity contribution in [1.82, 2.24) is 29.5 Å². The van der Waals surface area contributed by atoms with Gasteiger partial charge in [0.25, 0.3) is 0 Å². The SMILES string of the molecule is CC(C)(O)Cn1cc(Nc2ncc3cnn(Cc4ccccc4F)c3n2)cn1. The number of rotatable bonds is 6. The van der Waals surface area contributed by atoms with Crippen LogP contribution in [0.5, 0.6) is 0 Å². The molecule has 0 aliphatic heterocycles. The first-order valence-electron chi connectivity index (χ1n) is 8.81. The first-order valence-corrected chi connectivity index (χ1v) is 8.81. The summed E-state index contributed by atoms with van der Waals surface area (Å²) in [5.74, 6) is 0.100. The minimum atomic E-state index is -0.863. The average Bonchev–Trinajstić information content (AvgIpc) is 3.22. The Kier molecular flexibility index (Phi) is 4.52. The summed E-state index contributed by atoms with van der Waals surface area (Å²) in [5, 5.41) is 22.3. The van der Waals surface area contributed by atoms with Crippen LogP contribution in [0.3, 0.4) is 0 Å². The maximum atomic E-state index is 14.0. The van der Waals surface area contributed by atoms with Crippen molar-refractivity contribution in [3.63, 3.8) is 0 Å². The van der Waals surface area contributed by atoms with E-state index in [4.69, 9.17) is 0 Å². The zero-order valence-corrected chi connectivity index (χ0v) is 15.5. The summed E-state index contributed by atoms with van der Waals surface area (Å²) in [6.45, 7) is 4.07. The van der Waals surface area contributed by atoms with Gasteiger partial charge in [-0.25, -0.2) is 14.1 Å². The van der Waals surface area contributed by atoms with Crippen LogP contribution in [0.4, 0.5) is 16.0 Å². The number of hydrogen-bond donors (Lipinski definition) is 2. The Bertz CT molecular complexity index is 1110. The fourth-order valence-electron chi connectivity index (χ4n) is 2.87. The molecule has 9 heteroatoms. The maximum Gasteiger partial charge on any atom is 0.229 e. The molecule has 0 amide bonds. The molecule has 144 valence electrons. The van der Waals surface area contributed by atoms with Gasteiger partial charge in [-0.1, -0.05) is 18.2 Å². The molecule has 2 N–H and O–H groups in total. The van der Waals surface area contributed by atoms with Crippen LogP contribution in [0.2, 0.25) is 0 Å². The molecule has 28 heavy (non-hydrogen) atoms. The monoisotopic (exact) mass is 381 g/mol. The second kappa shape index (κ2) is 7.01. The summed E-state index contributed by atoms with van der Waals surface area (Å²) in [6, 6.07) is 6.59. The molecule has 0 bridgehead atoms. The van der Waals surface area contributed by atoms with Crippen LogP contribution >= 0.6 is 0 Å². The average molecular weight is 381 g/mol. The molecule has 0 aliphatic rings. The van der Waals surface area contributed by atoms with E-state index in [0.29, 0.717) is 29.4 Å². The van der Waals surface area contributed by atoms with Gasteiger partial charge < -0.3 is 10.4 Å². The van der Waals surface area contributed by atoms with Crippen molar-refractivity contribution < 1.29 is 9.50 Å². The first-order chi connectivity index (χ1) is 13.4. The van der Waals surface area contributed by atoms with E-state index in [2.05, 4.69) is 25.5 Å². The third kappa shape index (κ3) is 3.99. The van der Waals surface area contributed by atoms with E-state index in [1.807, 2.05) is 0 Å². The normalized spacial score (nSPS) is 11.9. The first kappa shape index (κ1) is 18.1. The minimum Gasteiger partial charge on any atom is -0.389 e. The largest absolute Gasteiger partial charge is 0.389 e. The lowest BCUT2D eigenvalue weighted by atomic mass is 10.1. The Morgan fingerprint density at radius 1 is 1.14 bits per heavy atom. The second-order valence-corrected chi connectivity index (χ2v) is 7.23. The lowest BCUT2D eigenvalue weighted by molar-refractivity contribution is 0.0578. The Balaban J connectivity index is 1.57. The minimum absolute atomic E-state index is 0.274. The summed E-state index contributed by atoms with van der Waals surface area (Å²) >= 11 is 0. The summed E-state index contributed by atoms with van der Waals surface area (Å²) in [7, 11) is 0. The van der Waals surface area contributed by atoms with E-state index in [-0.39, 0.29) is 12.4 Å². The number of fused-ring (bicyclic) bond motifs is 1. The number of nitrogens with zero attached hydrogens (tertiary/aromatic N) is 6. The van der Waals surface area contributed by atoms with Crippen molar-refractivity contribution in [2.75, 3.05) is 5.32 Å². The predicted molar refractivity (Wildman–Crippen MR) is 103 cm³/mol. The highest BCUT2D eigenvalue weighted by Crippen LogP contribution is 2.18. The molecule has 0 atom stereocenters. The van der Waals surface area contributed by atoms with E-state index in [1.165, 1.54) is 6.07 Å². The lowest BCUT2D eigenvalue weighted by Crippen LogP contribution is -2.26. The molecular weight excluding hydrogens is 361 g/mol. The molecule has 8 nitrogen and oxygen atoms in total. The smallest absolute Gasteiger partial charge is 0.229 e. The molecule has 3 aromatic heterocycles. The number of benzene rings is 1. The molecule has 0 spiro atoms. The van der Waals surface area contributed by atoms with E-state index in [9.17, 15) is 9.50 Å². The Labute approximate surface area is 160 Å². The van der Waals surface area contributed by atoms with Gasteiger partial charge in [-0.05, 0) is 19.9 Å². The quantitative estimate of drug-likeness (QED) is 0.533. The van der Waals surface area contributed by atoms with Gasteiger partial charge in [0.15, 0.2) is 5.65 Å². The number of aromatic nitrogens is 6. The van der Waals surface area contributed by atoms with Crippen LogP contribution in [-0.2, 0) is 13.1 Å². The molecule has 3 heterocycles. The summed E-state index contributed by atoms with van der Waals surface area (Å²) in [4.78, 5) is 8.80. The number of aliphatic hydroxyl groups is 1. The highest BCUT2D eigenvalue weighted by molar-refractivity contribution is 5.75. The van der Waals surface area contributed by atoms with Crippen LogP contribution < -0.4 is 5.32 Å². The van der Waals surface area contributed by atoms with Crippen LogP contribution in [0.25, 0.3) is 11.0 Å². The van der Waals surface area contributed by atoms with Gasteiger partial charge in [-0.2, -0.15) is 15.2 Å². The van der Waals surface area contributed by atoms with Gasteiger partial charge in [-0.15, -0.1) is 0 Å². The van der Waals surface area contributed by atoms with Gasteiger partial charge in [0.2, 0.25) is 5.95 Å². The van der Waals surface area contributed by atoms with Crippen LogP contribution in [0.15, 0.2) is 49.1 Å². The molecule has 4 rings (SSSR count). The maximum absolute atomic E-state index is 14.0. The highest BCUT2D eigenvalue weighted by atomic mass is 19.1. The Hall–Kier alpha value is -3.33. The van der Waals surface area contributed by atoms with Gasteiger partial charge in [-0.3, -0.25) is 4.68 Å². The Morgan fingerprint density at radius 3 is 2.75 bits per heavy atom. The summed E-state index contributed by atoms with van der Waals surface area (Å²) in [6.07, 6.45) is 6.72.